The molecular formula is C35H33FN6O3. The highest BCUT2D eigenvalue weighted by Gasteiger charge is 2.40. The van der Waals surface area contributed by atoms with Gasteiger partial charge in [-0.25, -0.2) is 14.4 Å². The van der Waals surface area contributed by atoms with Gasteiger partial charge in [0.25, 0.3) is 0 Å². The van der Waals surface area contributed by atoms with E-state index < -0.39 is 17.8 Å². The Morgan fingerprint density at radius 3 is 2.58 bits per heavy atom. The number of hydrogen-bond acceptors (Lipinski definition) is 8. The van der Waals surface area contributed by atoms with E-state index in [0.717, 1.165) is 37.0 Å². The number of para-hydroxylation sites is 2. The van der Waals surface area contributed by atoms with Crippen molar-refractivity contribution in [2.45, 2.75) is 30.7 Å². The third kappa shape index (κ3) is 5.74. The van der Waals surface area contributed by atoms with Crippen molar-refractivity contribution < 1.29 is 18.7 Å². The van der Waals surface area contributed by atoms with Gasteiger partial charge < -0.3 is 19.4 Å². The number of aromatic amines is 1. The second kappa shape index (κ2) is 12.3. The van der Waals surface area contributed by atoms with Gasteiger partial charge in [0.15, 0.2) is 6.79 Å². The number of azo groups is 1. The van der Waals surface area contributed by atoms with Crippen LogP contribution in [0, 0.1) is 5.82 Å². The molecule has 5 aromatic rings. The van der Waals surface area contributed by atoms with Crippen LogP contribution in [0.4, 0.5) is 10.1 Å². The predicted molar refractivity (Wildman–Crippen MR) is 169 cm³/mol. The van der Waals surface area contributed by atoms with Crippen LogP contribution in [0.15, 0.2) is 89.1 Å². The highest BCUT2D eigenvalue weighted by atomic mass is 19.1. The summed E-state index contributed by atoms with van der Waals surface area (Å²) >= 11 is 0. The van der Waals surface area contributed by atoms with Crippen molar-refractivity contribution in [2.75, 3.05) is 34.0 Å². The van der Waals surface area contributed by atoms with Crippen LogP contribution in [0.2, 0.25) is 0 Å². The van der Waals surface area contributed by atoms with Crippen LogP contribution in [0.5, 0.6) is 5.75 Å². The number of nitrogens with one attached hydrogen (secondary N) is 1. The van der Waals surface area contributed by atoms with E-state index >= 15 is 0 Å². The average molecular weight is 605 g/mol. The molecule has 228 valence electrons. The molecule has 1 fully saturated rings. The molecule has 0 radical (unpaired) electrons. The third-order valence-electron chi connectivity index (χ3n) is 8.72. The molecule has 2 aliphatic heterocycles. The number of piperidine rings is 1. The standard InChI is InChI=1S/C35H33FN6O3/c1-42-17-15-22(16-18-42)21-7-9-23(10-8-21)26-12-13-29-32(37-26)34(43)33(41-40-29)31(35-38-27-5-3-4-6-28(27)39-35)25-19-24(36)11-14-30(25)45-20-44-2/h3-14,19,22,31,33H,15-18,20H2,1-2H3,(H,38,39). The molecule has 2 aliphatic rings. The third-order valence-corrected chi connectivity index (χ3v) is 8.72. The van der Waals surface area contributed by atoms with E-state index in [1.807, 2.05) is 30.3 Å². The summed E-state index contributed by atoms with van der Waals surface area (Å²) in [6, 6.07) is 22.7. The van der Waals surface area contributed by atoms with E-state index in [2.05, 4.69) is 51.4 Å². The number of halogens is 1. The maximum Gasteiger partial charge on any atom is 0.210 e. The lowest BCUT2D eigenvalue weighted by Gasteiger charge is -2.29. The Balaban J connectivity index is 1.25. The molecule has 7 rings (SSSR count). The second-order valence-electron chi connectivity index (χ2n) is 11.6. The largest absolute Gasteiger partial charge is 0.467 e. The number of pyridine rings is 1. The maximum absolute atomic E-state index is 14.8. The van der Waals surface area contributed by atoms with Crippen molar-refractivity contribution in [3.05, 3.63) is 107 Å². The summed E-state index contributed by atoms with van der Waals surface area (Å²) in [6.45, 7) is 2.14. The van der Waals surface area contributed by atoms with E-state index in [9.17, 15) is 9.18 Å². The molecule has 45 heavy (non-hydrogen) atoms. The first-order valence-corrected chi connectivity index (χ1v) is 15.1. The van der Waals surface area contributed by atoms with Gasteiger partial charge in [0.2, 0.25) is 5.78 Å². The van der Waals surface area contributed by atoms with Crippen LogP contribution in [0.25, 0.3) is 22.3 Å². The molecule has 0 spiro atoms. The molecular weight excluding hydrogens is 571 g/mol. The smallest absolute Gasteiger partial charge is 0.210 e. The van der Waals surface area contributed by atoms with Gasteiger partial charge >= 0.3 is 0 Å². The molecule has 0 aliphatic carbocycles. The van der Waals surface area contributed by atoms with Crippen LogP contribution in [0.1, 0.15) is 52.1 Å². The topological polar surface area (TPSA) is 105 Å². The zero-order valence-electron chi connectivity index (χ0n) is 25.1. The number of likely N-dealkylation sites (tertiary alicyclic amines) is 1. The van der Waals surface area contributed by atoms with E-state index in [0.29, 0.717) is 40.0 Å². The number of Topliss-reactive ketones (excluding diaryl/α,β-unsaturated/α-hetero) is 1. The Morgan fingerprint density at radius 2 is 1.80 bits per heavy atom. The number of hydrogen-bond donors (Lipinski definition) is 1. The van der Waals surface area contributed by atoms with Crippen molar-refractivity contribution in [2.24, 2.45) is 10.2 Å². The Bertz CT molecular complexity index is 1850. The second-order valence-corrected chi connectivity index (χ2v) is 11.6. The molecule has 10 heteroatoms. The van der Waals surface area contributed by atoms with Gasteiger partial charge in [-0.3, -0.25) is 4.79 Å². The maximum atomic E-state index is 14.8. The van der Waals surface area contributed by atoms with Gasteiger partial charge in [-0.05, 0) is 86.9 Å². The number of carbonyl (C=O) groups excluding carboxylic acids is 1. The Hall–Kier alpha value is -4.80. The summed E-state index contributed by atoms with van der Waals surface area (Å²) in [5, 5.41) is 8.88. The van der Waals surface area contributed by atoms with Crippen molar-refractivity contribution in [3.8, 4) is 17.0 Å². The summed E-state index contributed by atoms with van der Waals surface area (Å²) in [4.78, 5) is 29.5. The van der Waals surface area contributed by atoms with Crippen molar-refractivity contribution in [3.63, 3.8) is 0 Å². The highest BCUT2D eigenvalue weighted by Crippen LogP contribution is 2.41. The monoisotopic (exact) mass is 604 g/mol. The fraction of sp³-hybridized carbons (Fsp3) is 0.286. The number of fused-ring (bicyclic) bond motifs is 2. The van der Waals surface area contributed by atoms with Crippen molar-refractivity contribution in [1.29, 1.82) is 0 Å². The van der Waals surface area contributed by atoms with Gasteiger partial charge in [0.1, 0.15) is 34.8 Å². The fourth-order valence-corrected chi connectivity index (χ4v) is 6.28. The number of benzene rings is 3. The summed E-state index contributed by atoms with van der Waals surface area (Å²) in [5.74, 6) is -0.332. The first kappa shape index (κ1) is 28.9. The molecule has 0 saturated carbocycles. The van der Waals surface area contributed by atoms with Gasteiger partial charge in [-0.1, -0.05) is 36.4 Å². The average Bonchev–Trinajstić information content (AvgIpc) is 3.50. The zero-order chi connectivity index (χ0) is 30.9. The number of aromatic nitrogens is 3. The van der Waals surface area contributed by atoms with Crippen molar-refractivity contribution >= 4 is 22.5 Å². The molecule has 2 unspecified atom stereocenters. The first-order valence-electron chi connectivity index (χ1n) is 15.1. The SMILES string of the molecule is COCOc1ccc(F)cc1C(c1nc2ccccc2[nH]1)C1N=Nc2ccc(-c3ccc(C4CCN(C)CC4)cc3)nc2C1=O. The summed E-state index contributed by atoms with van der Waals surface area (Å²) < 4.78 is 25.7. The van der Waals surface area contributed by atoms with Crippen LogP contribution in [-0.4, -0.2) is 65.7 Å². The highest BCUT2D eigenvalue weighted by molar-refractivity contribution is 6.04. The van der Waals surface area contributed by atoms with Gasteiger partial charge in [-0.2, -0.15) is 10.2 Å². The minimum absolute atomic E-state index is 0.0596. The van der Waals surface area contributed by atoms with Gasteiger partial charge in [0.05, 0.1) is 22.6 Å². The van der Waals surface area contributed by atoms with E-state index in [1.54, 1.807) is 6.07 Å². The molecule has 0 amide bonds. The number of ether oxygens (including phenoxy) is 2. The number of nitrogens with zero attached hydrogens (tertiary/aromatic N) is 5. The van der Waals surface area contributed by atoms with Gasteiger partial charge in [0, 0.05) is 18.2 Å². The summed E-state index contributed by atoms with van der Waals surface area (Å²) in [5.41, 5.74) is 5.39. The molecule has 0 bridgehead atoms. The van der Waals surface area contributed by atoms with Crippen LogP contribution < -0.4 is 4.74 Å². The van der Waals surface area contributed by atoms with Crippen LogP contribution in [-0.2, 0) is 4.74 Å². The van der Waals surface area contributed by atoms with Crippen LogP contribution >= 0.6 is 0 Å². The number of H-pyrrole nitrogens is 1. The molecule has 1 saturated heterocycles. The van der Waals surface area contributed by atoms with Crippen LogP contribution in [0.3, 0.4) is 0 Å². The predicted octanol–water partition coefficient (Wildman–Crippen LogP) is 7.04. The lowest BCUT2D eigenvalue weighted by Crippen LogP contribution is -2.31. The fourth-order valence-electron chi connectivity index (χ4n) is 6.28. The Kier molecular flexibility index (Phi) is 7.91. The summed E-state index contributed by atoms with van der Waals surface area (Å²) in [6.07, 6.45) is 2.29. The first-order chi connectivity index (χ1) is 22.0. The minimum Gasteiger partial charge on any atom is -0.467 e. The molecule has 2 aromatic heterocycles. The zero-order valence-corrected chi connectivity index (χ0v) is 25.1. The van der Waals surface area contributed by atoms with E-state index in [-0.39, 0.29) is 18.3 Å². The quantitative estimate of drug-likeness (QED) is 0.191. The van der Waals surface area contributed by atoms with Crippen molar-refractivity contribution in [1.82, 2.24) is 19.9 Å². The van der Waals surface area contributed by atoms with Gasteiger partial charge in [-0.15, -0.1) is 0 Å². The molecule has 3 aromatic carbocycles. The Labute approximate surface area is 260 Å². The number of carbonyl (C=O) groups is 1. The lowest BCUT2D eigenvalue weighted by molar-refractivity contribution is 0.0501. The number of methoxy groups -OCH3 is 1. The number of imidazole rings is 1. The van der Waals surface area contributed by atoms with E-state index in [4.69, 9.17) is 19.4 Å². The molecule has 4 heterocycles. The summed E-state index contributed by atoms with van der Waals surface area (Å²) in [7, 11) is 3.67. The normalized spacial score (nSPS) is 17.8. The Morgan fingerprint density at radius 1 is 1.00 bits per heavy atom. The molecule has 9 nitrogen and oxygen atoms in total. The molecule has 1 N–H and O–H groups in total. The van der Waals surface area contributed by atoms with E-state index in [1.165, 1.54) is 30.9 Å². The number of rotatable bonds is 8. The molecule has 2 atom stereocenters. The number of ketones is 1. The minimum atomic E-state index is -1.07. The lowest BCUT2D eigenvalue weighted by atomic mass is 9.86.